The number of rotatable bonds is 3. The second-order valence-electron chi connectivity index (χ2n) is 4.85. The first-order chi connectivity index (χ1) is 9.37. The van der Waals surface area contributed by atoms with Crippen molar-refractivity contribution < 1.29 is 18.3 Å². The molecule has 1 aliphatic heterocycles. The molecule has 20 heavy (non-hydrogen) atoms. The molecule has 1 aliphatic rings. The van der Waals surface area contributed by atoms with E-state index in [-0.39, 0.29) is 11.5 Å². The predicted molar refractivity (Wildman–Crippen MR) is 78.7 cm³/mol. The van der Waals surface area contributed by atoms with E-state index in [0.29, 0.717) is 13.1 Å². The van der Waals surface area contributed by atoms with Crippen molar-refractivity contribution in [3.63, 3.8) is 0 Å². The average Bonchev–Trinajstić information content (AvgIpc) is 2.37. The number of carboxylic acids is 1. The summed E-state index contributed by atoms with van der Waals surface area (Å²) in [4.78, 5) is 12.5. The molecule has 2 rings (SSSR count). The van der Waals surface area contributed by atoms with Crippen LogP contribution in [0.5, 0.6) is 0 Å². The summed E-state index contributed by atoms with van der Waals surface area (Å²) >= 11 is 0. The lowest BCUT2D eigenvalue weighted by Gasteiger charge is -2.29. The minimum absolute atomic E-state index is 0.187. The van der Waals surface area contributed by atoms with Gasteiger partial charge in [-0.05, 0) is 36.3 Å². The molecule has 1 aromatic rings. The third-order valence-electron chi connectivity index (χ3n) is 3.37. The van der Waals surface area contributed by atoms with Crippen LogP contribution in [-0.2, 0) is 14.6 Å². The van der Waals surface area contributed by atoms with Crippen LogP contribution in [0, 0.1) is 6.92 Å². The van der Waals surface area contributed by atoms with Gasteiger partial charge in [0.1, 0.15) is 0 Å². The van der Waals surface area contributed by atoms with Crippen molar-refractivity contribution in [1.29, 1.82) is 0 Å². The summed E-state index contributed by atoms with van der Waals surface area (Å²) in [6.07, 6.45) is 2.66. The number of anilines is 1. The fraction of sp³-hybridized carbons (Fsp3) is 0.357. The molecular formula is C14H17NO4S. The molecule has 0 bridgehead atoms. The lowest BCUT2D eigenvalue weighted by molar-refractivity contribution is -0.131. The molecule has 6 heteroatoms. The molecule has 1 aromatic carbocycles. The van der Waals surface area contributed by atoms with E-state index < -0.39 is 15.8 Å². The molecule has 0 amide bonds. The van der Waals surface area contributed by atoms with E-state index >= 15 is 0 Å². The van der Waals surface area contributed by atoms with Gasteiger partial charge < -0.3 is 10.0 Å². The Bertz CT molecular complexity index is 635. The van der Waals surface area contributed by atoms with Gasteiger partial charge >= 0.3 is 5.97 Å². The van der Waals surface area contributed by atoms with Gasteiger partial charge in [0.05, 0.1) is 11.5 Å². The third kappa shape index (κ3) is 3.60. The molecule has 0 radical (unpaired) electrons. The zero-order valence-corrected chi connectivity index (χ0v) is 12.1. The molecule has 0 aromatic heterocycles. The maximum atomic E-state index is 11.4. The van der Waals surface area contributed by atoms with Gasteiger partial charge in [-0.3, -0.25) is 0 Å². The Hall–Kier alpha value is -1.82. The predicted octanol–water partition coefficient (Wildman–Crippen LogP) is 1.33. The summed E-state index contributed by atoms with van der Waals surface area (Å²) < 4.78 is 22.8. The quantitative estimate of drug-likeness (QED) is 0.851. The van der Waals surface area contributed by atoms with Crippen molar-refractivity contribution in [2.75, 3.05) is 29.5 Å². The van der Waals surface area contributed by atoms with Crippen LogP contribution in [0.25, 0.3) is 6.08 Å². The van der Waals surface area contributed by atoms with Gasteiger partial charge in [0.15, 0.2) is 9.84 Å². The molecule has 0 atom stereocenters. The highest BCUT2D eigenvalue weighted by molar-refractivity contribution is 7.91. The number of aryl methyl sites for hydroxylation is 1. The second kappa shape index (κ2) is 5.66. The van der Waals surface area contributed by atoms with Crippen LogP contribution in [-0.4, -0.2) is 44.1 Å². The van der Waals surface area contributed by atoms with Crippen molar-refractivity contribution in [3.05, 3.63) is 35.4 Å². The molecule has 0 saturated carbocycles. The van der Waals surface area contributed by atoms with E-state index in [2.05, 4.69) is 0 Å². The molecule has 0 aliphatic carbocycles. The van der Waals surface area contributed by atoms with Gasteiger partial charge in [0.2, 0.25) is 0 Å². The highest BCUT2D eigenvalue weighted by Crippen LogP contribution is 2.22. The third-order valence-corrected chi connectivity index (χ3v) is 4.98. The first-order valence-electron chi connectivity index (χ1n) is 6.34. The fourth-order valence-electron chi connectivity index (χ4n) is 2.18. The molecule has 108 valence electrons. The number of hydrogen-bond donors (Lipinski definition) is 1. The number of carboxylic acid groups (broad SMARTS) is 1. The molecule has 1 heterocycles. The highest BCUT2D eigenvalue weighted by atomic mass is 32.2. The Labute approximate surface area is 118 Å². The molecule has 5 nitrogen and oxygen atoms in total. The van der Waals surface area contributed by atoms with Gasteiger partial charge in [-0.15, -0.1) is 0 Å². The number of aliphatic carboxylic acids is 1. The maximum Gasteiger partial charge on any atom is 0.328 e. The van der Waals surface area contributed by atoms with Crippen molar-refractivity contribution in [2.45, 2.75) is 6.92 Å². The zero-order valence-electron chi connectivity index (χ0n) is 11.2. The van der Waals surface area contributed by atoms with Crippen LogP contribution in [0.1, 0.15) is 11.1 Å². The van der Waals surface area contributed by atoms with Crippen LogP contribution >= 0.6 is 0 Å². The lowest BCUT2D eigenvalue weighted by Crippen LogP contribution is -2.40. The Morgan fingerprint density at radius 2 is 1.95 bits per heavy atom. The topological polar surface area (TPSA) is 74.7 Å². The Morgan fingerprint density at radius 1 is 1.30 bits per heavy atom. The van der Waals surface area contributed by atoms with Crippen LogP contribution < -0.4 is 4.90 Å². The van der Waals surface area contributed by atoms with Gasteiger partial charge in [-0.1, -0.05) is 6.07 Å². The number of hydrogen-bond acceptors (Lipinski definition) is 4. The second-order valence-corrected chi connectivity index (χ2v) is 7.15. The fourth-order valence-corrected chi connectivity index (χ4v) is 3.38. The van der Waals surface area contributed by atoms with E-state index in [1.807, 2.05) is 30.0 Å². The normalized spacial score (nSPS) is 18.4. The minimum Gasteiger partial charge on any atom is -0.478 e. The lowest BCUT2D eigenvalue weighted by atomic mass is 10.1. The maximum absolute atomic E-state index is 11.4. The van der Waals surface area contributed by atoms with Gasteiger partial charge in [-0.2, -0.15) is 0 Å². The standard InChI is InChI=1S/C14H17NO4S/c1-11-10-13(4-2-12(11)3-5-14(16)17)15-6-8-20(18,19)9-7-15/h2-5,10H,6-9H2,1H3,(H,16,17). The number of sulfone groups is 1. The summed E-state index contributed by atoms with van der Waals surface area (Å²) in [5.74, 6) is -0.603. The molecule has 1 N–H and O–H groups in total. The van der Waals surface area contributed by atoms with Crippen molar-refractivity contribution in [1.82, 2.24) is 0 Å². The van der Waals surface area contributed by atoms with Crippen LogP contribution in [0.4, 0.5) is 5.69 Å². The first-order valence-corrected chi connectivity index (χ1v) is 8.16. The summed E-state index contributed by atoms with van der Waals surface area (Å²) in [6.45, 7) is 2.92. The monoisotopic (exact) mass is 295 g/mol. The number of benzene rings is 1. The minimum atomic E-state index is -2.88. The molecular weight excluding hydrogens is 278 g/mol. The summed E-state index contributed by atoms with van der Waals surface area (Å²) in [5.41, 5.74) is 2.79. The number of carbonyl (C=O) groups is 1. The smallest absolute Gasteiger partial charge is 0.328 e. The van der Waals surface area contributed by atoms with E-state index in [0.717, 1.165) is 22.9 Å². The summed E-state index contributed by atoms with van der Waals surface area (Å²) in [5, 5.41) is 8.62. The van der Waals surface area contributed by atoms with Crippen LogP contribution in [0.15, 0.2) is 24.3 Å². The molecule has 1 saturated heterocycles. The van der Waals surface area contributed by atoms with Gasteiger partial charge in [-0.25, -0.2) is 13.2 Å². The molecule has 0 spiro atoms. The average molecular weight is 295 g/mol. The molecule has 0 unspecified atom stereocenters. The van der Waals surface area contributed by atoms with E-state index in [1.165, 1.54) is 0 Å². The summed E-state index contributed by atoms with van der Waals surface area (Å²) in [7, 11) is -2.88. The Kier molecular flexibility index (Phi) is 4.13. The van der Waals surface area contributed by atoms with E-state index in [4.69, 9.17) is 5.11 Å². The number of nitrogens with zero attached hydrogens (tertiary/aromatic N) is 1. The first kappa shape index (κ1) is 14.6. The Balaban J connectivity index is 2.15. The highest BCUT2D eigenvalue weighted by Gasteiger charge is 2.21. The van der Waals surface area contributed by atoms with Crippen molar-refractivity contribution in [2.24, 2.45) is 0 Å². The van der Waals surface area contributed by atoms with Crippen molar-refractivity contribution in [3.8, 4) is 0 Å². The van der Waals surface area contributed by atoms with Gasteiger partial charge in [0.25, 0.3) is 0 Å². The summed E-state index contributed by atoms with van der Waals surface area (Å²) in [6, 6.07) is 5.71. The van der Waals surface area contributed by atoms with E-state index in [1.54, 1.807) is 6.08 Å². The SMILES string of the molecule is Cc1cc(N2CCS(=O)(=O)CC2)ccc1C=CC(=O)O. The Morgan fingerprint density at radius 3 is 2.50 bits per heavy atom. The van der Waals surface area contributed by atoms with Crippen LogP contribution in [0.3, 0.4) is 0 Å². The largest absolute Gasteiger partial charge is 0.478 e. The van der Waals surface area contributed by atoms with Crippen molar-refractivity contribution >= 4 is 27.6 Å². The molecule has 1 fully saturated rings. The van der Waals surface area contributed by atoms with Gasteiger partial charge in [0, 0.05) is 24.9 Å². The van der Waals surface area contributed by atoms with E-state index in [9.17, 15) is 13.2 Å². The van der Waals surface area contributed by atoms with Crippen LogP contribution in [0.2, 0.25) is 0 Å². The zero-order chi connectivity index (χ0) is 14.8.